The van der Waals surface area contributed by atoms with Gasteiger partial charge in [-0.2, -0.15) is 0 Å². The Labute approximate surface area is 113 Å². The first-order valence-corrected chi connectivity index (χ1v) is 7.51. The van der Waals surface area contributed by atoms with E-state index in [1.807, 2.05) is 12.1 Å². The van der Waals surface area contributed by atoms with E-state index in [2.05, 4.69) is 12.1 Å². The zero-order chi connectivity index (χ0) is 12.3. The molecule has 1 nitrogen and oxygen atoms in total. The van der Waals surface area contributed by atoms with Crippen LogP contribution < -0.4 is 4.74 Å². The molecule has 0 aromatic heterocycles. The van der Waals surface area contributed by atoms with Crippen LogP contribution in [0.1, 0.15) is 30.2 Å². The standard InChI is InChI=1S/C16H19ClO/c1-18-12-6-4-9(5-7-12)16(17)15-13-10-2-3-11(8-10)14(13)15/h4-7,10-11,13-16H,2-3,8H2,1H3. The van der Waals surface area contributed by atoms with Crippen molar-refractivity contribution in [2.75, 3.05) is 7.11 Å². The van der Waals surface area contributed by atoms with E-state index in [4.69, 9.17) is 16.3 Å². The summed E-state index contributed by atoms with van der Waals surface area (Å²) in [5.41, 5.74) is 1.27. The number of hydrogen-bond donors (Lipinski definition) is 0. The average molecular weight is 263 g/mol. The van der Waals surface area contributed by atoms with Crippen LogP contribution in [0.5, 0.6) is 5.75 Å². The Bertz CT molecular complexity index is 439. The first-order valence-electron chi connectivity index (χ1n) is 7.07. The molecular formula is C16H19ClO. The molecule has 3 aliphatic rings. The number of benzene rings is 1. The molecule has 0 spiro atoms. The molecule has 0 aliphatic heterocycles. The smallest absolute Gasteiger partial charge is 0.118 e. The normalized spacial score (nSPS) is 41.6. The Balaban J connectivity index is 1.52. The number of rotatable bonds is 3. The summed E-state index contributed by atoms with van der Waals surface area (Å²) in [4.78, 5) is 0. The summed E-state index contributed by atoms with van der Waals surface area (Å²) in [7, 11) is 1.70. The fourth-order valence-corrected chi connectivity index (χ4v) is 5.28. The number of hydrogen-bond acceptors (Lipinski definition) is 1. The number of fused-ring (bicyclic) bond motifs is 5. The Kier molecular flexibility index (Phi) is 2.42. The minimum absolute atomic E-state index is 0.217. The van der Waals surface area contributed by atoms with Crippen molar-refractivity contribution in [2.45, 2.75) is 24.6 Å². The van der Waals surface area contributed by atoms with Gasteiger partial charge in [0.25, 0.3) is 0 Å². The SMILES string of the molecule is COc1ccc(C(Cl)C2C3C4CCC(C4)C32)cc1. The Morgan fingerprint density at radius 1 is 1.11 bits per heavy atom. The topological polar surface area (TPSA) is 9.23 Å². The van der Waals surface area contributed by atoms with Gasteiger partial charge in [-0.3, -0.25) is 0 Å². The number of alkyl halides is 1. The highest BCUT2D eigenvalue weighted by Gasteiger charge is 2.66. The molecule has 0 amide bonds. The summed E-state index contributed by atoms with van der Waals surface area (Å²) in [5.74, 6) is 5.58. The summed E-state index contributed by atoms with van der Waals surface area (Å²) >= 11 is 6.72. The number of methoxy groups -OCH3 is 1. The Morgan fingerprint density at radius 2 is 1.72 bits per heavy atom. The third kappa shape index (κ3) is 1.46. The quantitative estimate of drug-likeness (QED) is 0.740. The van der Waals surface area contributed by atoms with E-state index in [1.54, 1.807) is 7.11 Å². The van der Waals surface area contributed by atoms with Gasteiger partial charge in [-0.25, -0.2) is 0 Å². The molecule has 0 radical (unpaired) electrons. The van der Waals surface area contributed by atoms with Crippen molar-refractivity contribution in [3.05, 3.63) is 29.8 Å². The molecule has 0 N–H and O–H groups in total. The van der Waals surface area contributed by atoms with E-state index in [9.17, 15) is 0 Å². The van der Waals surface area contributed by atoms with Crippen molar-refractivity contribution in [1.82, 2.24) is 0 Å². The van der Waals surface area contributed by atoms with Crippen molar-refractivity contribution in [1.29, 1.82) is 0 Å². The lowest BCUT2D eigenvalue weighted by atomic mass is 9.97. The molecule has 3 fully saturated rings. The second kappa shape index (κ2) is 3.90. The highest BCUT2D eigenvalue weighted by Crippen LogP contribution is 2.73. The van der Waals surface area contributed by atoms with Crippen LogP contribution in [0, 0.1) is 29.6 Å². The molecule has 2 bridgehead atoms. The molecule has 18 heavy (non-hydrogen) atoms. The van der Waals surface area contributed by atoms with Gasteiger partial charge in [0, 0.05) is 0 Å². The molecule has 0 saturated heterocycles. The zero-order valence-corrected chi connectivity index (χ0v) is 11.4. The molecule has 1 aromatic rings. The fraction of sp³-hybridized carbons (Fsp3) is 0.625. The van der Waals surface area contributed by atoms with E-state index >= 15 is 0 Å². The maximum atomic E-state index is 6.72. The summed E-state index contributed by atoms with van der Waals surface area (Å²) < 4.78 is 5.20. The van der Waals surface area contributed by atoms with E-state index in [0.717, 1.165) is 35.3 Å². The lowest BCUT2D eigenvalue weighted by molar-refractivity contribution is 0.414. The monoisotopic (exact) mass is 262 g/mol. The molecule has 5 atom stereocenters. The molecular weight excluding hydrogens is 244 g/mol. The highest BCUT2D eigenvalue weighted by molar-refractivity contribution is 6.21. The Morgan fingerprint density at radius 3 is 2.28 bits per heavy atom. The number of halogens is 1. The Hall–Kier alpha value is -0.690. The van der Waals surface area contributed by atoms with Gasteiger partial charge in [0.2, 0.25) is 0 Å². The van der Waals surface area contributed by atoms with Gasteiger partial charge in [0.1, 0.15) is 5.75 Å². The second-order valence-electron chi connectivity index (χ2n) is 6.24. The molecule has 4 rings (SSSR count). The van der Waals surface area contributed by atoms with Gasteiger partial charge < -0.3 is 4.74 Å². The van der Waals surface area contributed by atoms with Gasteiger partial charge in [-0.1, -0.05) is 12.1 Å². The molecule has 3 aliphatic carbocycles. The van der Waals surface area contributed by atoms with Crippen molar-refractivity contribution in [2.24, 2.45) is 29.6 Å². The van der Waals surface area contributed by atoms with Gasteiger partial charge in [-0.05, 0) is 66.5 Å². The second-order valence-corrected chi connectivity index (χ2v) is 6.71. The molecule has 5 unspecified atom stereocenters. The highest BCUT2D eigenvalue weighted by atomic mass is 35.5. The van der Waals surface area contributed by atoms with Crippen molar-refractivity contribution < 1.29 is 4.74 Å². The van der Waals surface area contributed by atoms with Crippen LogP contribution in [-0.4, -0.2) is 7.11 Å². The summed E-state index contributed by atoms with van der Waals surface area (Å²) in [5, 5.41) is 0.217. The third-order valence-corrected chi connectivity index (χ3v) is 6.11. The largest absolute Gasteiger partial charge is 0.497 e. The van der Waals surface area contributed by atoms with E-state index in [1.165, 1.54) is 24.8 Å². The molecule has 96 valence electrons. The maximum absolute atomic E-state index is 6.72. The first-order chi connectivity index (χ1) is 8.79. The van der Waals surface area contributed by atoms with Gasteiger partial charge in [0.05, 0.1) is 12.5 Å². The van der Waals surface area contributed by atoms with E-state index in [-0.39, 0.29) is 5.38 Å². The summed E-state index contributed by atoms with van der Waals surface area (Å²) in [6.45, 7) is 0. The van der Waals surface area contributed by atoms with Gasteiger partial charge in [0.15, 0.2) is 0 Å². The third-order valence-electron chi connectivity index (χ3n) is 5.57. The van der Waals surface area contributed by atoms with Gasteiger partial charge >= 0.3 is 0 Å². The van der Waals surface area contributed by atoms with Gasteiger partial charge in [-0.15, -0.1) is 11.6 Å². The molecule has 0 heterocycles. The van der Waals surface area contributed by atoms with E-state index < -0.39 is 0 Å². The lowest BCUT2D eigenvalue weighted by Crippen LogP contribution is -2.04. The van der Waals surface area contributed by atoms with Crippen molar-refractivity contribution >= 4 is 11.6 Å². The van der Waals surface area contributed by atoms with Crippen LogP contribution in [0.3, 0.4) is 0 Å². The predicted octanol–water partition coefficient (Wildman–Crippen LogP) is 4.27. The minimum Gasteiger partial charge on any atom is -0.497 e. The van der Waals surface area contributed by atoms with Crippen LogP contribution in [0.25, 0.3) is 0 Å². The van der Waals surface area contributed by atoms with Crippen molar-refractivity contribution in [3.63, 3.8) is 0 Å². The van der Waals surface area contributed by atoms with E-state index in [0.29, 0.717) is 0 Å². The zero-order valence-electron chi connectivity index (χ0n) is 10.7. The molecule has 2 heteroatoms. The minimum atomic E-state index is 0.217. The van der Waals surface area contributed by atoms with Crippen LogP contribution in [-0.2, 0) is 0 Å². The molecule has 1 aromatic carbocycles. The number of ether oxygens (including phenoxy) is 1. The fourth-order valence-electron chi connectivity index (χ4n) is 4.79. The van der Waals surface area contributed by atoms with Crippen LogP contribution >= 0.6 is 11.6 Å². The first kappa shape index (κ1) is 11.2. The van der Waals surface area contributed by atoms with Crippen LogP contribution in [0.2, 0.25) is 0 Å². The maximum Gasteiger partial charge on any atom is 0.118 e. The molecule has 3 saturated carbocycles. The average Bonchev–Trinajstić information content (AvgIpc) is 2.85. The summed E-state index contributed by atoms with van der Waals surface area (Å²) in [6.07, 6.45) is 4.43. The summed E-state index contributed by atoms with van der Waals surface area (Å²) in [6, 6.07) is 8.31. The van der Waals surface area contributed by atoms with Crippen LogP contribution in [0.4, 0.5) is 0 Å². The lowest BCUT2D eigenvalue weighted by Gasteiger charge is -2.15. The van der Waals surface area contributed by atoms with Crippen LogP contribution in [0.15, 0.2) is 24.3 Å². The predicted molar refractivity (Wildman–Crippen MR) is 72.9 cm³/mol. The van der Waals surface area contributed by atoms with Crippen molar-refractivity contribution in [3.8, 4) is 5.75 Å².